The third-order valence-corrected chi connectivity index (χ3v) is 4.52. The molecule has 1 heterocycles. The van der Waals surface area contributed by atoms with Gasteiger partial charge < -0.3 is 10.6 Å². The van der Waals surface area contributed by atoms with E-state index >= 15 is 0 Å². The molecule has 1 saturated carbocycles. The number of hydrogen-bond acceptors (Lipinski definition) is 3. The number of rotatable bonds is 6. The topological polar surface area (TPSA) is 24.1 Å². The molecule has 84 valence electrons. The second-order valence-corrected chi connectivity index (χ2v) is 6.01. The molecule has 1 aromatic rings. The lowest BCUT2D eigenvalue weighted by Crippen LogP contribution is -2.36. The summed E-state index contributed by atoms with van der Waals surface area (Å²) in [5.41, 5.74) is 0. The molecule has 2 rings (SSSR count). The summed E-state index contributed by atoms with van der Waals surface area (Å²) in [6.07, 6.45) is 2.73. The maximum atomic E-state index is 3.54. The molecule has 0 radical (unpaired) electrons. The van der Waals surface area contributed by atoms with Crippen molar-refractivity contribution in [3.63, 3.8) is 0 Å². The van der Waals surface area contributed by atoms with Gasteiger partial charge in [-0.1, -0.05) is 0 Å². The van der Waals surface area contributed by atoms with Crippen molar-refractivity contribution in [3.8, 4) is 0 Å². The van der Waals surface area contributed by atoms with E-state index in [0.717, 1.165) is 19.1 Å². The van der Waals surface area contributed by atoms with Crippen molar-refractivity contribution in [1.82, 2.24) is 10.6 Å². The number of halogens is 1. The fourth-order valence-corrected chi connectivity index (χ4v) is 2.86. The van der Waals surface area contributed by atoms with Gasteiger partial charge >= 0.3 is 0 Å². The molecule has 0 aliphatic heterocycles. The molecule has 0 bridgehead atoms. The van der Waals surface area contributed by atoms with Crippen LogP contribution >= 0.6 is 27.3 Å². The van der Waals surface area contributed by atoms with E-state index in [2.05, 4.69) is 44.9 Å². The predicted octanol–water partition coefficient (Wildman–Crippen LogP) is 2.74. The average molecular weight is 289 g/mol. The van der Waals surface area contributed by atoms with E-state index in [9.17, 15) is 0 Å². The van der Waals surface area contributed by atoms with E-state index in [4.69, 9.17) is 0 Å². The van der Waals surface area contributed by atoms with Crippen LogP contribution in [0.2, 0.25) is 0 Å². The van der Waals surface area contributed by atoms with Crippen molar-refractivity contribution < 1.29 is 0 Å². The van der Waals surface area contributed by atoms with Crippen LogP contribution in [-0.2, 0) is 6.54 Å². The second-order valence-electron chi connectivity index (χ2n) is 4.16. The minimum Gasteiger partial charge on any atom is -0.312 e. The highest BCUT2D eigenvalue weighted by Crippen LogP contribution is 2.22. The van der Waals surface area contributed by atoms with Crippen LogP contribution < -0.4 is 10.6 Å². The average Bonchev–Trinajstić information content (AvgIpc) is 2.96. The maximum Gasteiger partial charge on any atom is 0.0327 e. The van der Waals surface area contributed by atoms with Crippen molar-refractivity contribution in [3.05, 3.63) is 20.8 Å². The van der Waals surface area contributed by atoms with Gasteiger partial charge in [-0.15, -0.1) is 11.3 Å². The van der Waals surface area contributed by atoms with Crippen molar-refractivity contribution in [1.29, 1.82) is 0 Å². The Morgan fingerprint density at radius 3 is 3.00 bits per heavy atom. The van der Waals surface area contributed by atoms with Crippen molar-refractivity contribution in [2.75, 3.05) is 6.54 Å². The normalized spacial score (nSPS) is 18.0. The van der Waals surface area contributed by atoms with E-state index in [-0.39, 0.29) is 0 Å². The Labute approximate surface area is 104 Å². The Hall–Kier alpha value is 0.100. The molecule has 1 fully saturated rings. The summed E-state index contributed by atoms with van der Waals surface area (Å²) in [7, 11) is 0. The minimum absolute atomic E-state index is 0.541. The van der Waals surface area contributed by atoms with Gasteiger partial charge in [0.1, 0.15) is 0 Å². The molecule has 1 aliphatic carbocycles. The Balaban J connectivity index is 1.65. The van der Waals surface area contributed by atoms with Crippen LogP contribution in [0.25, 0.3) is 0 Å². The monoisotopic (exact) mass is 288 g/mol. The van der Waals surface area contributed by atoms with Crippen LogP contribution in [0, 0.1) is 0 Å². The smallest absolute Gasteiger partial charge is 0.0327 e. The number of thiophene rings is 1. The van der Waals surface area contributed by atoms with Crippen LogP contribution in [0.4, 0.5) is 0 Å². The first-order valence-electron chi connectivity index (χ1n) is 5.44. The zero-order chi connectivity index (χ0) is 10.7. The summed E-state index contributed by atoms with van der Waals surface area (Å²) in [5, 5.41) is 9.18. The van der Waals surface area contributed by atoms with Crippen LogP contribution in [0.3, 0.4) is 0 Å². The van der Waals surface area contributed by atoms with Crippen LogP contribution in [0.5, 0.6) is 0 Å². The molecule has 0 aromatic carbocycles. The van der Waals surface area contributed by atoms with Gasteiger partial charge in [0.15, 0.2) is 0 Å². The number of hydrogen-bond donors (Lipinski definition) is 2. The fraction of sp³-hybridized carbons (Fsp3) is 0.636. The van der Waals surface area contributed by atoms with Gasteiger partial charge in [0, 0.05) is 34.5 Å². The van der Waals surface area contributed by atoms with Gasteiger partial charge in [0.25, 0.3) is 0 Å². The summed E-state index contributed by atoms with van der Waals surface area (Å²) in [6, 6.07) is 3.46. The van der Waals surface area contributed by atoms with Crippen molar-refractivity contribution in [2.45, 2.75) is 38.4 Å². The molecule has 4 heteroatoms. The van der Waals surface area contributed by atoms with Gasteiger partial charge in [-0.05, 0) is 47.1 Å². The molecule has 0 spiro atoms. The molecule has 0 saturated heterocycles. The predicted molar refractivity (Wildman–Crippen MR) is 69.3 cm³/mol. The Kier molecular flexibility index (Phi) is 4.20. The van der Waals surface area contributed by atoms with E-state index < -0.39 is 0 Å². The third kappa shape index (κ3) is 3.87. The maximum absolute atomic E-state index is 3.54. The SMILES string of the molecule is CC(CNC1CC1)NCc1sccc1Br. The Morgan fingerprint density at radius 2 is 2.40 bits per heavy atom. The summed E-state index contributed by atoms with van der Waals surface area (Å²) in [6.45, 7) is 4.27. The van der Waals surface area contributed by atoms with Gasteiger partial charge in [0.05, 0.1) is 0 Å². The first-order valence-corrected chi connectivity index (χ1v) is 7.11. The molecule has 1 unspecified atom stereocenters. The highest BCUT2D eigenvalue weighted by molar-refractivity contribution is 9.10. The first kappa shape index (κ1) is 11.6. The Bertz CT molecular complexity index is 309. The minimum atomic E-state index is 0.541. The van der Waals surface area contributed by atoms with Crippen LogP contribution in [-0.4, -0.2) is 18.6 Å². The molecule has 1 aliphatic rings. The quantitative estimate of drug-likeness (QED) is 0.841. The van der Waals surface area contributed by atoms with Crippen molar-refractivity contribution in [2.24, 2.45) is 0 Å². The standard InChI is InChI=1S/C11H17BrN2S/c1-8(6-14-9-2-3-9)13-7-11-10(12)4-5-15-11/h4-5,8-9,13-14H,2-3,6-7H2,1H3. The Morgan fingerprint density at radius 1 is 1.60 bits per heavy atom. The molecular formula is C11H17BrN2S. The lowest BCUT2D eigenvalue weighted by molar-refractivity contribution is 0.501. The molecule has 0 amide bonds. The molecule has 1 aromatic heterocycles. The zero-order valence-corrected chi connectivity index (χ0v) is 11.3. The summed E-state index contributed by atoms with van der Waals surface area (Å²) in [4.78, 5) is 1.38. The highest BCUT2D eigenvalue weighted by Gasteiger charge is 2.20. The van der Waals surface area contributed by atoms with E-state index in [1.54, 1.807) is 11.3 Å². The van der Waals surface area contributed by atoms with Gasteiger partial charge in [-0.25, -0.2) is 0 Å². The van der Waals surface area contributed by atoms with E-state index in [0.29, 0.717) is 6.04 Å². The molecule has 2 N–H and O–H groups in total. The van der Waals surface area contributed by atoms with E-state index in [1.807, 2.05) is 0 Å². The molecule has 2 nitrogen and oxygen atoms in total. The first-order chi connectivity index (χ1) is 7.25. The highest BCUT2D eigenvalue weighted by atomic mass is 79.9. The van der Waals surface area contributed by atoms with E-state index in [1.165, 1.54) is 22.2 Å². The zero-order valence-electron chi connectivity index (χ0n) is 8.92. The number of nitrogens with one attached hydrogen (secondary N) is 2. The van der Waals surface area contributed by atoms with Crippen molar-refractivity contribution >= 4 is 27.3 Å². The molecular weight excluding hydrogens is 272 g/mol. The lowest BCUT2D eigenvalue weighted by Gasteiger charge is -2.13. The van der Waals surface area contributed by atoms with Gasteiger partial charge in [0.2, 0.25) is 0 Å². The molecule has 1 atom stereocenters. The lowest BCUT2D eigenvalue weighted by atomic mass is 10.3. The van der Waals surface area contributed by atoms with Gasteiger partial charge in [-0.2, -0.15) is 0 Å². The third-order valence-electron chi connectivity index (χ3n) is 2.59. The summed E-state index contributed by atoms with van der Waals surface area (Å²) < 4.78 is 1.22. The van der Waals surface area contributed by atoms with Crippen LogP contribution in [0.15, 0.2) is 15.9 Å². The molecule has 15 heavy (non-hydrogen) atoms. The van der Waals surface area contributed by atoms with Gasteiger partial charge in [-0.3, -0.25) is 0 Å². The van der Waals surface area contributed by atoms with Crippen LogP contribution in [0.1, 0.15) is 24.6 Å². The second kappa shape index (κ2) is 5.43. The summed E-state index contributed by atoms with van der Waals surface area (Å²) in [5.74, 6) is 0. The summed E-state index contributed by atoms with van der Waals surface area (Å²) >= 11 is 5.34. The fourth-order valence-electron chi connectivity index (χ4n) is 1.42. The largest absolute Gasteiger partial charge is 0.312 e.